The molecule has 0 aliphatic rings. The quantitative estimate of drug-likeness (QED) is 0.533. The summed E-state index contributed by atoms with van der Waals surface area (Å²) in [5.41, 5.74) is 3.97. The summed E-state index contributed by atoms with van der Waals surface area (Å²) in [5.74, 6) is -1.36. The van der Waals surface area contributed by atoms with Crippen molar-refractivity contribution in [3.05, 3.63) is 0 Å². The van der Waals surface area contributed by atoms with Gasteiger partial charge in [0.2, 0.25) is 0 Å². The monoisotopic (exact) mass is 161 g/mol. The Morgan fingerprint density at radius 3 is 2.27 bits per heavy atom. The van der Waals surface area contributed by atoms with Crippen molar-refractivity contribution in [2.45, 2.75) is 25.8 Å². The maximum atomic E-state index is 10.6. The molecular formula is C7H15NO3. The summed E-state index contributed by atoms with van der Waals surface area (Å²) < 4.78 is 0. The molecule has 0 aliphatic heterocycles. The van der Waals surface area contributed by atoms with Crippen LogP contribution < -0.4 is 5.73 Å². The third kappa shape index (κ3) is 1.91. The van der Waals surface area contributed by atoms with E-state index >= 15 is 0 Å². The Hall–Kier alpha value is -0.610. The van der Waals surface area contributed by atoms with Crippen molar-refractivity contribution in [2.24, 2.45) is 11.7 Å². The molecule has 0 saturated carbocycles. The molecule has 4 N–H and O–H groups in total. The Bertz CT molecular complexity index is 149. The van der Waals surface area contributed by atoms with E-state index in [0.29, 0.717) is 6.42 Å². The number of aliphatic hydroxyl groups is 1. The lowest BCUT2D eigenvalue weighted by Gasteiger charge is -2.28. The van der Waals surface area contributed by atoms with Gasteiger partial charge in [0.25, 0.3) is 0 Å². The smallest absolute Gasteiger partial charge is 0.326 e. The number of carbonyl (C=O) groups is 1. The second kappa shape index (κ2) is 3.69. The van der Waals surface area contributed by atoms with Crippen LogP contribution in [-0.2, 0) is 4.79 Å². The number of aliphatic carboxylic acids is 1. The van der Waals surface area contributed by atoms with Gasteiger partial charge >= 0.3 is 5.97 Å². The van der Waals surface area contributed by atoms with Crippen LogP contribution in [0.5, 0.6) is 0 Å². The molecule has 0 aromatic carbocycles. The lowest BCUT2D eigenvalue weighted by atomic mass is 9.85. The first-order valence-corrected chi connectivity index (χ1v) is 3.62. The lowest BCUT2D eigenvalue weighted by Crippen LogP contribution is -2.56. The molecule has 2 unspecified atom stereocenters. The minimum absolute atomic E-state index is 0.218. The van der Waals surface area contributed by atoms with Crippen molar-refractivity contribution >= 4 is 5.97 Å². The van der Waals surface area contributed by atoms with E-state index in [2.05, 4.69) is 0 Å². The first-order valence-electron chi connectivity index (χ1n) is 3.62. The van der Waals surface area contributed by atoms with E-state index in [1.54, 1.807) is 6.92 Å². The highest BCUT2D eigenvalue weighted by atomic mass is 16.4. The number of aliphatic hydroxyl groups excluding tert-OH is 1. The molecule has 66 valence electrons. The predicted molar refractivity (Wildman–Crippen MR) is 41.1 cm³/mol. The lowest BCUT2D eigenvalue weighted by molar-refractivity contribution is -0.147. The van der Waals surface area contributed by atoms with Gasteiger partial charge in [-0.15, -0.1) is 0 Å². The summed E-state index contributed by atoms with van der Waals surface area (Å²) in [4.78, 5) is 10.6. The number of rotatable bonds is 4. The predicted octanol–water partition coefficient (Wildman–Crippen LogP) is -0.193. The van der Waals surface area contributed by atoms with Crippen LogP contribution in [-0.4, -0.2) is 28.3 Å². The van der Waals surface area contributed by atoms with E-state index in [9.17, 15) is 4.79 Å². The number of carboxylic acid groups (broad SMARTS) is 1. The molecule has 4 heteroatoms. The maximum Gasteiger partial charge on any atom is 0.326 e. The Morgan fingerprint density at radius 2 is 2.18 bits per heavy atom. The average molecular weight is 161 g/mol. The van der Waals surface area contributed by atoms with E-state index in [1.165, 1.54) is 0 Å². The van der Waals surface area contributed by atoms with Crippen LogP contribution in [0.2, 0.25) is 0 Å². The van der Waals surface area contributed by atoms with Gasteiger partial charge in [-0.2, -0.15) is 0 Å². The Labute approximate surface area is 66.0 Å². The van der Waals surface area contributed by atoms with Crippen LogP contribution in [0, 0.1) is 5.92 Å². The molecule has 0 radical (unpaired) electrons. The first-order chi connectivity index (χ1) is 4.99. The van der Waals surface area contributed by atoms with Gasteiger partial charge in [-0.05, 0) is 5.92 Å². The second-order valence-corrected chi connectivity index (χ2v) is 2.81. The second-order valence-electron chi connectivity index (χ2n) is 2.81. The zero-order valence-corrected chi connectivity index (χ0v) is 6.87. The molecule has 0 bridgehead atoms. The van der Waals surface area contributed by atoms with Gasteiger partial charge < -0.3 is 15.9 Å². The largest absolute Gasteiger partial charge is 0.480 e. The van der Waals surface area contributed by atoms with Crippen LogP contribution in [0.1, 0.15) is 20.3 Å². The van der Waals surface area contributed by atoms with Crippen LogP contribution in [0.25, 0.3) is 0 Å². The van der Waals surface area contributed by atoms with E-state index < -0.39 is 18.1 Å². The van der Waals surface area contributed by atoms with Crippen molar-refractivity contribution < 1.29 is 15.0 Å². The minimum atomic E-state index is -1.48. The molecule has 0 aromatic rings. The van der Waals surface area contributed by atoms with E-state index in [-0.39, 0.29) is 5.92 Å². The summed E-state index contributed by atoms with van der Waals surface area (Å²) in [6.45, 7) is 3.03. The van der Waals surface area contributed by atoms with Crippen molar-refractivity contribution in [1.29, 1.82) is 0 Å². The van der Waals surface area contributed by atoms with Gasteiger partial charge in [0.1, 0.15) is 5.54 Å². The Morgan fingerprint density at radius 1 is 1.73 bits per heavy atom. The summed E-state index contributed by atoms with van der Waals surface area (Å²) >= 11 is 0. The number of carboxylic acids is 1. The van der Waals surface area contributed by atoms with E-state index in [4.69, 9.17) is 15.9 Å². The fourth-order valence-electron chi connectivity index (χ4n) is 0.799. The fourth-order valence-corrected chi connectivity index (χ4v) is 0.799. The summed E-state index contributed by atoms with van der Waals surface area (Å²) in [6, 6.07) is 0. The van der Waals surface area contributed by atoms with Gasteiger partial charge in [-0.1, -0.05) is 20.3 Å². The van der Waals surface area contributed by atoms with Gasteiger partial charge in [0.15, 0.2) is 0 Å². The zero-order valence-electron chi connectivity index (χ0n) is 6.87. The summed E-state index contributed by atoms with van der Waals surface area (Å²) in [6.07, 6.45) is 0.642. The van der Waals surface area contributed by atoms with Crippen molar-refractivity contribution in [1.82, 2.24) is 0 Å². The van der Waals surface area contributed by atoms with Crippen LogP contribution in [0.4, 0.5) is 0 Å². The molecule has 0 heterocycles. The maximum absolute atomic E-state index is 10.6. The van der Waals surface area contributed by atoms with E-state index in [1.807, 2.05) is 6.92 Å². The summed E-state index contributed by atoms with van der Waals surface area (Å²) in [5, 5.41) is 17.4. The van der Waals surface area contributed by atoms with Crippen molar-refractivity contribution in [2.75, 3.05) is 6.61 Å². The molecule has 0 saturated heterocycles. The number of hydrogen-bond donors (Lipinski definition) is 3. The molecule has 0 fully saturated rings. The van der Waals surface area contributed by atoms with Crippen molar-refractivity contribution in [3.8, 4) is 0 Å². The van der Waals surface area contributed by atoms with Crippen LogP contribution >= 0.6 is 0 Å². The number of hydrogen-bond acceptors (Lipinski definition) is 3. The van der Waals surface area contributed by atoms with Gasteiger partial charge in [0.05, 0.1) is 6.61 Å². The fraction of sp³-hybridized carbons (Fsp3) is 0.857. The molecule has 0 amide bonds. The van der Waals surface area contributed by atoms with E-state index in [0.717, 1.165) is 0 Å². The highest BCUT2D eigenvalue weighted by molar-refractivity contribution is 5.79. The van der Waals surface area contributed by atoms with Crippen LogP contribution in [0.3, 0.4) is 0 Å². The Kier molecular flexibility index (Phi) is 3.48. The highest BCUT2D eigenvalue weighted by Gasteiger charge is 2.38. The average Bonchev–Trinajstić information content (AvgIpc) is 2.01. The molecule has 2 atom stereocenters. The van der Waals surface area contributed by atoms with Gasteiger partial charge in [-0.25, -0.2) is 0 Å². The molecular weight excluding hydrogens is 146 g/mol. The summed E-state index contributed by atoms with van der Waals surface area (Å²) in [7, 11) is 0. The molecule has 0 rings (SSSR count). The molecule has 0 aromatic heterocycles. The molecule has 0 aliphatic carbocycles. The first kappa shape index (κ1) is 10.4. The number of nitrogens with two attached hydrogens (primary N) is 1. The minimum Gasteiger partial charge on any atom is -0.480 e. The normalized spacial score (nSPS) is 18.9. The third-order valence-electron chi connectivity index (χ3n) is 2.15. The third-order valence-corrected chi connectivity index (χ3v) is 2.15. The van der Waals surface area contributed by atoms with Gasteiger partial charge in [0, 0.05) is 0 Å². The zero-order chi connectivity index (χ0) is 9.07. The molecule has 11 heavy (non-hydrogen) atoms. The standard InChI is InChI=1S/C7H15NO3/c1-3-5(2)7(8,4-9)6(10)11/h5,9H,3-4,8H2,1-2H3,(H,10,11). The molecule has 4 nitrogen and oxygen atoms in total. The Balaban J connectivity index is 4.45. The molecule has 0 spiro atoms. The topological polar surface area (TPSA) is 83.5 Å². The SMILES string of the molecule is CCC(C)C(N)(CO)C(=O)O. The van der Waals surface area contributed by atoms with Crippen molar-refractivity contribution in [3.63, 3.8) is 0 Å². The highest BCUT2D eigenvalue weighted by Crippen LogP contribution is 2.17. The van der Waals surface area contributed by atoms with Gasteiger partial charge in [-0.3, -0.25) is 4.79 Å². The van der Waals surface area contributed by atoms with Crippen LogP contribution in [0.15, 0.2) is 0 Å².